The number of aromatic nitrogens is 3. The Morgan fingerprint density at radius 2 is 2.15 bits per heavy atom. The highest BCUT2D eigenvalue weighted by Crippen LogP contribution is 2.29. The highest BCUT2D eigenvalue weighted by Gasteiger charge is 2.16. The smallest absolute Gasteiger partial charge is 0.166 e. The van der Waals surface area contributed by atoms with E-state index in [1.807, 2.05) is 0 Å². The summed E-state index contributed by atoms with van der Waals surface area (Å²) in [5, 5.41) is 7.77. The van der Waals surface area contributed by atoms with Gasteiger partial charge in [-0.05, 0) is 12.1 Å². The quantitative estimate of drug-likeness (QED) is 0.523. The zero-order valence-corrected chi connectivity index (χ0v) is 13.5. The van der Waals surface area contributed by atoms with Crippen molar-refractivity contribution in [2.24, 2.45) is 0 Å². The Kier molecular flexibility index (Phi) is 4.31. The van der Waals surface area contributed by atoms with Gasteiger partial charge < -0.3 is 10.5 Å². The van der Waals surface area contributed by atoms with Gasteiger partial charge >= 0.3 is 0 Å². The minimum atomic E-state index is -1.13. The lowest BCUT2D eigenvalue weighted by atomic mass is 10.2. The van der Waals surface area contributed by atoms with E-state index in [2.05, 4.69) is 30.0 Å². The van der Waals surface area contributed by atoms with E-state index in [4.69, 9.17) is 22.1 Å². The molecule has 0 radical (unpaired) electrons. The summed E-state index contributed by atoms with van der Waals surface area (Å²) in [6.45, 7) is 7.67. The van der Waals surface area contributed by atoms with Crippen molar-refractivity contribution in [3.05, 3.63) is 16.9 Å². The van der Waals surface area contributed by atoms with Crippen LogP contribution in [0, 0.1) is 5.82 Å². The van der Waals surface area contributed by atoms with Crippen molar-refractivity contribution < 1.29 is 9.13 Å². The fourth-order valence-corrected chi connectivity index (χ4v) is 2.77. The van der Waals surface area contributed by atoms with Crippen molar-refractivity contribution in [1.29, 1.82) is 0 Å². The Balaban J connectivity index is 2.14. The fraction of sp³-hybridized carbons (Fsp3) is 0.500. The van der Waals surface area contributed by atoms with Crippen molar-refractivity contribution in [2.45, 2.75) is 32.4 Å². The van der Waals surface area contributed by atoms with Gasteiger partial charge in [0.15, 0.2) is 5.82 Å². The predicted octanol–water partition coefficient (Wildman–Crippen LogP) is 3.12. The molecule has 0 bridgehead atoms. The second-order valence-electron chi connectivity index (χ2n) is 5.90. The maximum absolute atomic E-state index is 13.7. The van der Waals surface area contributed by atoms with Crippen molar-refractivity contribution in [3.8, 4) is 0 Å². The molecule has 8 heteroatoms. The van der Waals surface area contributed by atoms with Crippen molar-refractivity contribution in [3.63, 3.8) is 0 Å². The van der Waals surface area contributed by atoms with Crippen LogP contribution >= 0.6 is 11.6 Å². The molecule has 0 aliphatic rings. The summed E-state index contributed by atoms with van der Waals surface area (Å²) >= 11 is 5.96. The molecule has 0 spiro atoms. The standard InChI is InChI=1S/C12H18ClFN4OSi/c1-20(2,3)5-4-19-7-18-12-9(16-17-18)6-8(15)11(14)10(12)13/h6H,4-5,7,15H2,1-3H3. The van der Waals surface area contributed by atoms with Crippen molar-refractivity contribution in [2.75, 3.05) is 12.3 Å². The van der Waals surface area contributed by atoms with E-state index in [1.54, 1.807) is 0 Å². The third kappa shape index (κ3) is 3.28. The molecule has 1 heterocycles. The lowest BCUT2D eigenvalue weighted by Crippen LogP contribution is -2.22. The molecule has 0 aliphatic heterocycles. The number of ether oxygens (including phenoxy) is 1. The number of nitrogen functional groups attached to an aromatic ring is 1. The second-order valence-corrected chi connectivity index (χ2v) is 11.9. The minimum absolute atomic E-state index is 0.0331. The first kappa shape index (κ1) is 15.2. The normalized spacial score (nSPS) is 12.2. The maximum Gasteiger partial charge on any atom is 0.166 e. The first-order valence-electron chi connectivity index (χ1n) is 6.34. The molecule has 0 unspecified atom stereocenters. The first-order chi connectivity index (χ1) is 9.29. The molecule has 2 rings (SSSR count). The molecule has 1 aromatic heterocycles. The molecule has 1 aromatic carbocycles. The van der Waals surface area contributed by atoms with E-state index in [9.17, 15) is 4.39 Å². The first-order valence-corrected chi connectivity index (χ1v) is 10.4. The van der Waals surface area contributed by atoms with Crippen LogP contribution in [0.15, 0.2) is 6.07 Å². The molecule has 20 heavy (non-hydrogen) atoms. The Hall–Kier alpha value is -1.18. The molecule has 0 saturated heterocycles. The summed E-state index contributed by atoms with van der Waals surface area (Å²) < 4.78 is 20.7. The fourth-order valence-electron chi connectivity index (χ4n) is 1.71. The van der Waals surface area contributed by atoms with Crippen molar-refractivity contribution >= 4 is 36.4 Å². The van der Waals surface area contributed by atoms with E-state index in [0.717, 1.165) is 6.04 Å². The van der Waals surface area contributed by atoms with Gasteiger partial charge in [-0.15, -0.1) is 5.10 Å². The number of fused-ring (bicyclic) bond motifs is 1. The molecule has 0 atom stereocenters. The van der Waals surface area contributed by atoms with Crippen LogP contribution in [-0.4, -0.2) is 29.7 Å². The molecule has 0 amide bonds. The number of rotatable bonds is 5. The topological polar surface area (TPSA) is 66.0 Å². The van der Waals surface area contributed by atoms with E-state index >= 15 is 0 Å². The van der Waals surface area contributed by atoms with Gasteiger partial charge in [0.25, 0.3) is 0 Å². The molecule has 0 fully saturated rings. The summed E-state index contributed by atoms with van der Waals surface area (Å²) in [6.07, 6.45) is 0. The van der Waals surface area contributed by atoms with Gasteiger partial charge in [-0.2, -0.15) is 0 Å². The average molecular weight is 317 g/mol. The van der Waals surface area contributed by atoms with Crippen LogP contribution in [0.25, 0.3) is 11.0 Å². The number of anilines is 1. The number of nitrogens with zero attached hydrogens (tertiary/aromatic N) is 3. The highest BCUT2D eigenvalue weighted by atomic mass is 35.5. The summed E-state index contributed by atoms with van der Waals surface area (Å²) in [7, 11) is -1.13. The van der Waals surface area contributed by atoms with E-state index in [0.29, 0.717) is 17.6 Å². The molecule has 2 aromatic rings. The SMILES string of the molecule is C[Si](C)(C)CCOCn1nnc2cc(N)c(F)c(Cl)c21. The maximum atomic E-state index is 13.7. The van der Waals surface area contributed by atoms with Gasteiger partial charge in [-0.1, -0.05) is 36.5 Å². The monoisotopic (exact) mass is 316 g/mol. The zero-order chi connectivity index (χ0) is 14.9. The molecule has 0 saturated carbocycles. The molecule has 0 aliphatic carbocycles. The zero-order valence-electron chi connectivity index (χ0n) is 11.8. The van der Waals surface area contributed by atoms with Crippen LogP contribution in [-0.2, 0) is 11.5 Å². The summed E-state index contributed by atoms with van der Waals surface area (Å²) in [6, 6.07) is 2.47. The summed E-state index contributed by atoms with van der Waals surface area (Å²) in [5.41, 5.74) is 6.34. The summed E-state index contributed by atoms with van der Waals surface area (Å²) in [5.74, 6) is -0.648. The van der Waals surface area contributed by atoms with Crippen LogP contribution in [0.1, 0.15) is 0 Å². The van der Waals surface area contributed by atoms with Gasteiger partial charge in [-0.3, -0.25) is 0 Å². The lowest BCUT2D eigenvalue weighted by Gasteiger charge is -2.15. The van der Waals surface area contributed by atoms with Gasteiger partial charge in [0, 0.05) is 14.7 Å². The number of hydrogen-bond donors (Lipinski definition) is 1. The number of benzene rings is 1. The predicted molar refractivity (Wildman–Crippen MR) is 81.0 cm³/mol. The number of hydrogen-bond acceptors (Lipinski definition) is 4. The summed E-state index contributed by atoms with van der Waals surface area (Å²) in [4.78, 5) is 0. The van der Waals surface area contributed by atoms with Gasteiger partial charge in [-0.25, -0.2) is 9.07 Å². The minimum Gasteiger partial charge on any atom is -0.396 e. The van der Waals surface area contributed by atoms with E-state index in [1.165, 1.54) is 10.7 Å². The lowest BCUT2D eigenvalue weighted by molar-refractivity contribution is 0.0802. The molecular weight excluding hydrogens is 299 g/mol. The van der Waals surface area contributed by atoms with Crippen LogP contribution < -0.4 is 5.73 Å². The van der Waals surface area contributed by atoms with Gasteiger partial charge in [0.05, 0.1) is 5.69 Å². The Morgan fingerprint density at radius 1 is 1.45 bits per heavy atom. The van der Waals surface area contributed by atoms with Crippen LogP contribution in [0.4, 0.5) is 10.1 Å². The van der Waals surface area contributed by atoms with Gasteiger partial charge in [0.1, 0.15) is 22.8 Å². The molecular formula is C12H18ClFN4OSi. The van der Waals surface area contributed by atoms with Crippen LogP contribution in [0.2, 0.25) is 30.7 Å². The van der Waals surface area contributed by atoms with Crippen LogP contribution in [0.3, 0.4) is 0 Å². The third-order valence-electron chi connectivity index (χ3n) is 2.92. The second kappa shape index (κ2) is 5.67. The molecule has 110 valence electrons. The largest absolute Gasteiger partial charge is 0.396 e. The Bertz CT molecular complexity index is 626. The number of halogens is 2. The van der Waals surface area contributed by atoms with E-state index in [-0.39, 0.29) is 17.4 Å². The highest BCUT2D eigenvalue weighted by molar-refractivity contribution is 6.76. The Labute approximate surface area is 122 Å². The van der Waals surface area contributed by atoms with E-state index < -0.39 is 13.9 Å². The Morgan fingerprint density at radius 3 is 2.80 bits per heavy atom. The number of nitrogens with two attached hydrogens (primary N) is 1. The average Bonchev–Trinajstić information content (AvgIpc) is 2.74. The molecule has 2 N–H and O–H groups in total. The van der Waals surface area contributed by atoms with Crippen molar-refractivity contribution in [1.82, 2.24) is 15.0 Å². The van der Waals surface area contributed by atoms with Crippen LogP contribution in [0.5, 0.6) is 0 Å². The van der Waals surface area contributed by atoms with Gasteiger partial charge in [0.2, 0.25) is 0 Å². The molecule has 5 nitrogen and oxygen atoms in total. The third-order valence-corrected chi connectivity index (χ3v) is 4.97.